The van der Waals surface area contributed by atoms with E-state index in [-0.39, 0.29) is 32.6 Å². The first kappa shape index (κ1) is 25.2. The summed E-state index contributed by atoms with van der Waals surface area (Å²) in [7, 11) is 1.59. The predicted molar refractivity (Wildman–Crippen MR) is 134 cm³/mol. The number of benzene rings is 3. The van der Waals surface area contributed by atoms with Crippen molar-refractivity contribution in [1.29, 1.82) is 0 Å². The fourth-order valence-electron chi connectivity index (χ4n) is 3.80. The Morgan fingerprint density at radius 3 is 2.29 bits per heavy atom. The second kappa shape index (κ2) is 11.3. The first-order valence-corrected chi connectivity index (χ1v) is 11.6. The smallest absolute Gasteiger partial charge is 0.231 e. The summed E-state index contributed by atoms with van der Waals surface area (Å²) in [6.07, 6.45) is -0.839. The first-order valence-electron chi connectivity index (χ1n) is 10.8. The van der Waals surface area contributed by atoms with Crippen LogP contribution in [0.5, 0.6) is 34.5 Å². The van der Waals surface area contributed by atoms with Crippen LogP contribution < -0.4 is 33.7 Å². The summed E-state index contributed by atoms with van der Waals surface area (Å²) in [5.41, 5.74) is 2.81. The van der Waals surface area contributed by atoms with Gasteiger partial charge in [0.1, 0.15) is 12.7 Å². The van der Waals surface area contributed by atoms with Gasteiger partial charge in [0.15, 0.2) is 34.5 Å². The molecule has 0 saturated heterocycles. The lowest BCUT2D eigenvalue weighted by Gasteiger charge is -2.17. The Labute approximate surface area is 217 Å². The maximum Gasteiger partial charge on any atom is 0.231 e. The number of methoxy groups -OCH3 is 1. The van der Waals surface area contributed by atoms with E-state index >= 15 is 0 Å². The van der Waals surface area contributed by atoms with Crippen LogP contribution >= 0.6 is 28.3 Å². The van der Waals surface area contributed by atoms with Gasteiger partial charge in [-0.15, -0.1) is 12.4 Å². The third-order valence-electron chi connectivity index (χ3n) is 5.55. The predicted octanol–water partition coefficient (Wildman–Crippen LogP) is 4.74. The van der Waals surface area contributed by atoms with Crippen molar-refractivity contribution in [3.05, 3.63) is 69.7 Å². The topological polar surface area (TPSA) is 87.6 Å². The van der Waals surface area contributed by atoms with E-state index in [1.54, 1.807) is 25.3 Å². The van der Waals surface area contributed by atoms with Gasteiger partial charge in [-0.25, -0.2) is 0 Å². The average molecular weight is 567 g/mol. The van der Waals surface area contributed by atoms with Crippen molar-refractivity contribution in [2.45, 2.75) is 19.2 Å². The van der Waals surface area contributed by atoms with Crippen molar-refractivity contribution in [3.8, 4) is 34.5 Å². The minimum atomic E-state index is -0.839. The van der Waals surface area contributed by atoms with Crippen LogP contribution in [0.4, 0.5) is 0 Å². The fraction of sp³-hybridized carbons (Fsp3) is 0.280. The molecule has 2 aliphatic rings. The summed E-state index contributed by atoms with van der Waals surface area (Å²) in [5, 5.41) is 14.0. The zero-order chi connectivity index (χ0) is 23.5. The van der Waals surface area contributed by atoms with Crippen LogP contribution in [0, 0.1) is 0 Å². The molecule has 0 aromatic heterocycles. The van der Waals surface area contributed by atoms with Crippen LogP contribution in [0.1, 0.15) is 22.8 Å². The van der Waals surface area contributed by atoms with E-state index in [9.17, 15) is 5.11 Å². The molecule has 2 N–H and O–H groups in total. The van der Waals surface area contributed by atoms with Crippen molar-refractivity contribution in [1.82, 2.24) is 5.32 Å². The first-order chi connectivity index (χ1) is 16.6. The molecule has 0 radical (unpaired) electrons. The lowest BCUT2D eigenvalue weighted by Crippen LogP contribution is -2.13. The molecule has 5 rings (SSSR count). The van der Waals surface area contributed by atoms with Crippen molar-refractivity contribution < 1.29 is 33.5 Å². The van der Waals surface area contributed by atoms with Gasteiger partial charge in [0.25, 0.3) is 0 Å². The highest BCUT2D eigenvalue weighted by atomic mass is 79.9. The molecular formula is C25H25BrClNO7. The van der Waals surface area contributed by atoms with Gasteiger partial charge in [-0.2, -0.15) is 0 Å². The maximum absolute atomic E-state index is 10.6. The van der Waals surface area contributed by atoms with Crippen molar-refractivity contribution in [3.63, 3.8) is 0 Å². The zero-order valence-electron chi connectivity index (χ0n) is 18.9. The van der Waals surface area contributed by atoms with Crippen LogP contribution in [0.3, 0.4) is 0 Å². The quantitative estimate of drug-likeness (QED) is 0.384. The highest BCUT2D eigenvalue weighted by molar-refractivity contribution is 9.10. The molecule has 0 bridgehead atoms. The largest absolute Gasteiger partial charge is 0.493 e. The fourth-order valence-corrected chi connectivity index (χ4v) is 4.40. The SMILES string of the molecule is COc1cc(CNCc2ccc3c(c2)OCO3)cc(Br)c1OCC(O)c1ccc2c(c1)OCO2.Cl. The van der Waals surface area contributed by atoms with Gasteiger partial charge in [-0.3, -0.25) is 0 Å². The third kappa shape index (κ3) is 5.70. The number of hydrogen-bond acceptors (Lipinski definition) is 8. The van der Waals surface area contributed by atoms with E-state index in [1.165, 1.54) is 0 Å². The molecule has 3 aromatic carbocycles. The van der Waals surface area contributed by atoms with E-state index in [0.717, 1.165) is 27.1 Å². The average Bonchev–Trinajstić information content (AvgIpc) is 3.51. The Morgan fingerprint density at radius 1 is 0.886 bits per heavy atom. The second-order valence-electron chi connectivity index (χ2n) is 7.84. The van der Waals surface area contributed by atoms with E-state index in [2.05, 4.69) is 21.2 Å². The van der Waals surface area contributed by atoms with Crippen LogP contribution in [0.2, 0.25) is 0 Å². The Bertz CT molecular complexity index is 1190. The summed E-state index contributed by atoms with van der Waals surface area (Å²) in [5.74, 6) is 3.94. The Balaban J connectivity index is 0.00000289. The maximum atomic E-state index is 10.6. The van der Waals surface area contributed by atoms with E-state index in [1.807, 2.05) is 30.3 Å². The number of nitrogens with one attached hydrogen (secondary N) is 1. The second-order valence-corrected chi connectivity index (χ2v) is 8.69. The lowest BCUT2D eigenvalue weighted by molar-refractivity contribution is 0.105. The van der Waals surface area contributed by atoms with Gasteiger partial charge in [0.05, 0.1) is 11.6 Å². The molecule has 0 aliphatic carbocycles. The van der Waals surface area contributed by atoms with Crippen LogP contribution in [-0.4, -0.2) is 32.4 Å². The van der Waals surface area contributed by atoms with Gasteiger partial charge in [0.2, 0.25) is 13.6 Å². The molecule has 0 spiro atoms. The number of ether oxygens (including phenoxy) is 6. The van der Waals surface area contributed by atoms with Gasteiger partial charge in [0, 0.05) is 13.1 Å². The number of fused-ring (bicyclic) bond motifs is 2. The van der Waals surface area contributed by atoms with Gasteiger partial charge in [-0.05, 0) is 69.0 Å². The summed E-state index contributed by atoms with van der Waals surface area (Å²) in [6.45, 7) is 1.81. The molecule has 1 unspecified atom stereocenters. The normalized spacial score (nSPS) is 13.8. The van der Waals surface area contributed by atoms with Crippen LogP contribution in [0.25, 0.3) is 0 Å². The van der Waals surface area contributed by atoms with Gasteiger partial charge in [-0.1, -0.05) is 12.1 Å². The van der Waals surface area contributed by atoms with Crippen LogP contribution in [0.15, 0.2) is 53.0 Å². The van der Waals surface area contributed by atoms with Crippen molar-refractivity contribution in [2.75, 3.05) is 27.3 Å². The molecule has 8 nitrogen and oxygen atoms in total. The highest BCUT2D eigenvalue weighted by Gasteiger charge is 2.19. The van der Waals surface area contributed by atoms with Gasteiger partial charge < -0.3 is 38.8 Å². The molecule has 3 aromatic rings. The lowest BCUT2D eigenvalue weighted by atomic mass is 10.1. The molecule has 2 heterocycles. The highest BCUT2D eigenvalue weighted by Crippen LogP contribution is 2.38. The molecule has 186 valence electrons. The number of aliphatic hydroxyl groups excluding tert-OH is 1. The molecule has 1 atom stereocenters. The summed E-state index contributed by atoms with van der Waals surface area (Å²) >= 11 is 3.58. The minimum Gasteiger partial charge on any atom is -0.493 e. The molecular weight excluding hydrogens is 542 g/mol. The number of aliphatic hydroxyl groups is 1. The Kier molecular flexibility index (Phi) is 8.12. The summed E-state index contributed by atoms with van der Waals surface area (Å²) in [6, 6.07) is 15.1. The molecule has 0 amide bonds. The van der Waals surface area contributed by atoms with E-state index < -0.39 is 6.10 Å². The molecule has 0 saturated carbocycles. The Morgan fingerprint density at radius 2 is 1.54 bits per heavy atom. The van der Waals surface area contributed by atoms with Gasteiger partial charge >= 0.3 is 0 Å². The molecule has 10 heteroatoms. The van der Waals surface area contributed by atoms with Crippen LogP contribution in [-0.2, 0) is 13.1 Å². The summed E-state index contributed by atoms with van der Waals surface area (Å²) < 4.78 is 33.7. The molecule has 0 fully saturated rings. The Hall–Kier alpha value is -2.85. The molecule has 35 heavy (non-hydrogen) atoms. The van der Waals surface area contributed by atoms with E-state index in [0.29, 0.717) is 41.7 Å². The standard InChI is InChI=1S/C25H24BrNO7.ClH/c1-29-24-8-16(11-27-10-15-2-4-20-22(7-15)33-13-31-20)6-18(26)25(24)30-12-19(28)17-3-5-21-23(9-17)34-14-32-21;/h2-9,19,27-28H,10-14H2,1H3;1H. The van der Waals surface area contributed by atoms with Crippen molar-refractivity contribution >= 4 is 28.3 Å². The third-order valence-corrected chi connectivity index (χ3v) is 6.14. The number of rotatable bonds is 9. The van der Waals surface area contributed by atoms with Crippen molar-refractivity contribution in [2.24, 2.45) is 0 Å². The summed E-state index contributed by atoms with van der Waals surface area (Å²) in [4.78, 5) is 0. The molecule has 2 aliphatic heterocycles. The van der Waals surface area contributed by atoms with E-state index in [4.69, 9.17) is 28.4 Å². The minimum absolute atomic E-state index is 0. The zero-order valence-corrected chi connectivity index (χ0v) is 21.3. The number of hydrogen-bond donors (Lipinski definition) is 2. The monoisotopic (exact) mass is 565 g/mol. The number of halogens is 2.